The summed E-state index contributed by atoms with van der Waals surface area (Å²) in [5.74, 6) is -0.618. The number of nitrogens with one attached hydrogen (secondary N) is 1. The first-order chi connectivity index (χ1) is 15.4. The molecule has 3 aromatic carbocycles. The second kappa shape index (κ2) is 9.42. The molecular weight excluding hydrogens is 454 g/mol. The van der Waals surface area contributed by atoms with E-state index in [1.807, 2.05) is 0 Å². The highest BCUT2D eigenvalue weighted by atomic mass is 35.5. The maximum absolute atomic E-state index is 14.1. The fraction of sp³-hybridized carbons (Fsp3) is 0.0833. The summed E-state index contributed by atoms with van der Waals surface area (Å²) in [6.07, 6.45) is 2.91. The Morgan fingerprint density at radius 2 is 1.94 bits per heavy atom. The smallest absolute Gasteiger partial charge is 0.265 e. The zero-order valence-electron chi connectivity index (χ0n) is 16.6. The molecule has 0 saturated heterocycles. The van der Waals surface area contributed by atoms with Crippen molar-refractivity contribution >= 4 is 52.5 Å². The van der Waals surface area contributed by atoms with Crippen LogP contribution in [0.2, 0.25) is 10.0 Å². The molecule has 1 heterocycles. The number of anilines is 2. The molecular formula is C24H17Cl2FN2O3. The molecule has 0 unspecified atom stereocenters. The molecule has 0 bridgehead atoms. The predicted octanol–water partition coefficient (Wildman–Crippen LogP) is 5.71. The minimum Gasteiger partial charge on any atom is -0.482 e. The van der Waals surface area contributed by atoms with Gasteiger partial charge in [0, 0.05) is 27.4 Å². The summed E-state index contributed by atoms with van der Waals surface area (Å²) in [5, 5.41) is 3.67. The third-order valence-electron chi connectivity index (χ3n) is 4.83. The van der Waals surface area contributed by atoms with Crippen LogP contribution < -0.4 is 15.0 Å². The number of halogens is 3. The fourth-order valence-electron chi connectivity index (χ4n) is 3.24. The van der Waals surface area contributed by atoms with Gasteiger partial charge in [-0.1, -0.05) is 47.5 Å². The number of hydrogen-bond donors (Lipinski definition) is 1. The highest BCUT2D eigenvalue weighted by Gasteiger charge is 2.26. The van der Waals surface area contributed by atoms with Crippen LogP contribution in [0.25, 0.3) is 6.08 Å². The molecule has 0 aromatic heterocycles. The maximum atomic E-state index is 14.1. The lowest BCUT2D eigenvalue weighted by molar-refractivity contribution is -0.121. The third-order valence-corrected chi connectivity index (χ3v) is 5.39. The molecule has 5 nitrogen and oxygen atoms in total. The van der Waals surface area contributed by atoms with Gasteiger partial charge in [0.15, 0.2) is 6.61 Å². The van der Waals surface area contributed by atoms with E-state index in [1.165, 1.54) is 17.0 Å². The Morgan fingerprint density at radius 1 is 1.12 bits per heavy atom. The van der Waals surface area contributed by atoms with Gasteiger partial charge >= 0.3 is 0 Å². The van der Waals surface area contributed by atoms with E-state index in [1.54, 1.807) is 60.7 Å². The normalized spacial score (nSPS) is 13.1. The molecule has 0 aliphatic carbocycles. The van der Waals surface area contributed by atoms with E-state index in [-0.39, 0.29) is 25.0 Å². The summed E-state index contributed by atoms with van der Waals surface area (Å²) in [6, 6.07) is 16.2. The first-order valence-corrected chi connectivity index (χ1v) is 10.4. The zero-order valence-corrected chi connectivity index (χ0v) is 18.2. The largest absolute Gasteiger partial charge is 0.482 e. The van der Waals surface area contributed by atoms with Crippen molar-refractivity contribution in [1.29, 1.82) is 0 Å². The van der Waals surface area contributed by atoms with Gasteiger partial charge in [0.25, 0.3) is 5.91 Å². The molecule has 1 N–H and O–H groups in total. The Labute approximate surface area is 194 Å². The average Bonchev–Trinajstić information content (AvgIpc) is 2.76. The highest BCUT2D eigenvalue weighted by molar-refractivity contribution is 6.35. The van der Waals surface area contributed by atoms with Gasteiger partial charge in [-0.3, -0.25) is 9.59 Å². The molecule has 0 spiro atoms. The molecule has 2 amide bonds. The van der Waals surface area contributed by atoms with Gasteiger partial charge < -0.3 is 15.0 Å². The van der Waals surface area contributed by atoms with E-state index in [0.29, 0.717) is 38.3 Å². The van der Waals surface area contributed by atoms with Gasteiger partial charge in [-0.2, -0.15) is 0 Å². The van der Waals surface area contributed by atoms with Crippen LogP contribution in [0.3, 0.4) is 0 Å². The Hall–Kier alpha value is -3.35. The van der Waals surface area contributed by atoms with E-state index in [4.69, 9.17) is 27.9 Å². The molecule has 162 valence electrons. The molecule has 8 heteroatoms. The Bertz CT molecular complexity index is 1230. The van der Waals surface area contributed by atoms with E-state index in [0.717, 1.165) is 0 Å². The molecule has 3 aromatic rings. The van der Waals surface area contributed by atoms with E-state index < -0.39 is 5.82 Å². The van der Waals surface area contributed by atoms with Crippen LogP contribution in [0, 0.1) is 5.82 Å². The first kappa shape index (κ1) is 21.9. The van der Waals surface area contributed by atoms with Crippen molar-refractivity contribution in [3.05, 3.63) is 93.7 Å². The standard InChI is InChI=1S/C24H17Cl2FN2O3/c25-17-7-5-15(19(26)11-17)6-10-23(30)28-18-8-9-22-21(12-18)29(24(31)14-32-22)13-16-3-1-2-4-20(16)27/h1-12H,13-14H2,(H,28,30)/b10-6+. The van der Waals surface area contributed by atoms with Crippen LogP contribution >= 0.6 is 23.2 Å². The second-order valence-electron chi connectivity index (χ2n) is 7.03. The van der Waals surface area contributed by atoms with Crippen molar-refractivity contribution in [1.82, 2.24) is 0 Å². The third kappa shape index (κ3) is 4.93. The lowest BCUT2D eigenvalue weighted by Crippen LogP contribution is -2.38. The number of hydrogen-bond acceptors (Lipinski definition) is 3. The fourth-order valence-corrected chi connectivity index (χ4v) is 3.71. The minimum absolute atomic E-state index is 0.0498. The Morgan fingerprint density at radius 3 is 2.72 bits per heavy atom. The van der Waals surface area contributed by atoms with Gasteiger partial charge in [-0.15, -0.1) is 0 Å². The Balaban J connectivity index is 1.53. The second-order valence-corrected chi connectivity index (χ2v) is 7.87. The van der Waals surface area contributed by atoms with Gasteiger partial charge in [0.05, 0.1) is 12.2 Å². The summed E-state index contributed by atoms with van der Waals surface area (Å²) in [6.45, 7) is -0.0913. The number of rotatable bonds is 5. The van der Waals surface area contributed by atoms with Crippen LogP contribution in [-0.2, 0) is 16.1 Å². The summed E-state index contributed by atoms with van der Waals surface area (Å²) in [7, 11) is 0. The summed E-state index contributed by atoms with van der Waals surface area (Å²) < 4.78 is 19.6. The van der Waals surface area contributed by atoms with E-state index in [9.17, 15) is 14.0 Å². The van der Waals surface area contributed by atoms with E-state index in [2.05, 4.69) is 5.32 Å². The van der Waals surface area contributed by atoms with Crippen LogP contribution in [0.5, 0.6) is 5.75 Å². The van der Waals surface area contributed by atoms with E-state index >= 15 is 0 Å². The average molecular weight is 471 g/mol. The number of nitrogens with zero attached hydrogens (tertiary/aromatic N) is 1. The molecule has 0 saturated carbocycles. The monoisotopic (exact) mass is 470 g/mol. The van der Waals surface area contributed by atoms with Gasteiger partial charge in [-0.05, 0) is 48.0 Å². The minimum atomic E-state index is -0.399. The molecule has 1 aliphatic heterocycles. The number of ether oxygens (including phenoxy) is 1. The number of carbonyl (C=O) groups excluding carboxylic acids is 2. The molecule has 0 fully saturated rings. The van der Waals surface area contributed by atoms with Crippen LogP contribution in [0.15, 0.2) is 66.7 Å². The summed E-state index contributed by atoms with van der Waals surface area (Å²) in [4.78, 5) is 26.3. The highest BCUT2D eigenvalue weighted by Crippen LogP contribution is 2.35. The van der Waals surface area contributed by atoms with Crippen molar-refractivity contribution in [2.24, 2.45) is 0 Å². The van der Waals surface area contributed by atoms with Crippen molar-refractivity contribution < 1.29 is 18.7 Å². The molecule has 4 rings (SSSR count). The summed E-state index contributed by atoms with van der Waals surface area (Å²) >= 11 is 12.0. The lowest BCUT2D eigenvalue weighted by Gasteiger charge is -2.30. The molecule has 0 radical (unpaired) electrons. The molecule has 1 aliphatic rings. The van der Waals surface area contributed by atoms with Crippen LogP contribution in [0.4, 0.5) is 15.8 Å². The molecule has 32 heavy (non-hydrogen) atoms. The van der Waals surface area contributed by atoms with Gasteiger partial charge in [-0.25, -0.2) is 4.39 Å². The number of benzene rings is 3. The first-order valence-electron chi connectivity index (χ1n) is 9.65. The van der Waals surface area contributed by atoms with Crippen LogP contribution in [0.1, 0.15) is 11.1 Å². The lowest BCUT2D eigenvalue weighted by atomic mass is 10.1. The molecule has 0 atom stereocenters. The summed E-state index contributed by atoms with van der Waals surface area (Å²) in [5.41, 5.74) is 1.93. The van der Waals surface area contributed by atoms with Crippen molar-refractivity contribution in [2.45, 2.75) is 6.54 Å². The van der Waals surface area contributed by atoms with Crippen molar-refractivity contribution in [2.75, 3.05) is 16.8 Å². The van der Waals surface area contributed by atoms with Gasteiger partial charge in [0.1, 0.15) is 11.6 Å². The SMILES string of the molecule is O=C(/C=C/c1ccc(Cl)cc1Cl)Nc1ccc2c(c1)N(Cc1ccccc1F)C(=O)CO2. The number of carbonyl (C=O) groups is 2. The van der Waals surface area contributed by atoms with Crippen molar-refractivity contribution in [3.63, 3.8) is 0 Å². The Kier molecular flexibility index (Phi) is 6.44. The van der Waals surface area contributed by atoms with Gasteiger partial charge in [0.2, 0.25) is 5.91 Å². The van der Waals surface area contributed by atoms with Crippen LogP contribution in [-0.4, -0.2) is 18.4 Å². The maximum Gasteiger partial charge on any atom is 0.265 e. The number of amides is 2. The quantitative estimate of drug-likeness (QED) is 0.485. The topological polar surface area (TPSA) is 58.6 Å². The zero-order chi connectivity index (χ0) is 22.7. The van der Waals surface area contributed by atoms with Crippen molar-refractivity contribution in [3.8, 4) is 5.75 Å². The number of fused-ring (bicyclic) bond motifs is 1. The predicted molar refractivity (Wildman–Crippen MR) is 124 cm³/mol.